The Balaban J connectivity index is 1.49. The van der Waals surface area contributed by atoms with Crippen LogP contribution >= 0.6 is 0 Å². The van der Waals surface area contributed by atoms with Gasteiger partial charge in [0.25, 0.3) is 0 Å². The molecule has 3 aromatic heterocycles. The number of nitrogens with zero attached hydrogens (tertiary/aromatic N) is 5. The SMILES string of the molecule is Cc1cc(Nc2ncccc2C)nc(C2CCN(Cc3ncc[nH]3)C2)n1. The molecule has 1 atom stereocenters. The summed E-state index contributed by atoms with van der Waals surface area (Å²) in [5.41, 5.74) is 2.06. The van der Waals surface area contributed by atoms with Gasteiger partial charge in [-0.3, -0.25) is 4.90 Å². The predicted molar refractivity (Wildman–Crippen MR) is 100 cm³/mol. The molecule has 0 saturated carbocycles. The first-order valence-corrected chi connectivity index (χ1v) is 8.92. The number of aromatic nitrogens is 5. The number of aromatic amines is 1. The fraction of sp³-hybridized carbons (Fsp3) is 0.368. The van der Waals surface area contributed by atoms with Gasteiger partial charge in [0.05, 0.1) is 6.54 Å². The lowest BCUT2D eigenvalue weighted by molar-refractivity contribution is 0.318. The van der Waals surface area contributed by atoms with E-state index >= 15 is 0 Å². The van der Waals surface area contributed by atoms with E-state index in [2.05, 4.69) is 30.2 Å². The minimum atomic E-state index is 0.343. The van der Waals surface area contributed by atoms with E-state index in [9.17, 15) is 0 Å². The smallest absolute Gasteiger partial charge is 0.135 e. The van der Waals surface area contributed by atoms with Crippen molar-refractivity contribution < 1.29 is 0 Å². The van der Waals surface area contributed by atoms with E-state index in [-0.39, 0.29) is 0 Å². The van der Waals surface area contributed by atoms with Crippen molar-refractivity contribution in [2.75, 3.05) is 18.4 Å². The Morgan fingerprint density at radius 1 is 1.23 bits per heavy atom. The van der Waals surface area contributed by atoms with Gasteiger partial charge >= 0.3 is 0 Å². The van der Waals surface area contributed by atoms with Crippen molar-refractivity contribution in [2.45, 2.75) is 32.7 Å². The maximum Gasteiger partial charge on any atom is 0.135 e. The molecule has 2 N–H and O–H groups in total. The summed E-state index contributed by atoms with van der Waals surface area (Å²) in [5, 5.41) is 3.33. The second-order valence-corrected chi connectivity index (χ2v) is 6.80. The number of H-pyrrole nitrogens is 1. The van der Waals surface area contributed by atoms with Crippen LogP contribution in [0.4, 0.5) is 11.6 Å². The summed E-state index contributed by atoms with van der Waals surface area (Å²) in [4.78, 5) is 23.7. The van der Waals surface area contributed by atoms with E-state index in [1.807, 2.05) is 38.2 Å². The molecule has 134 valence electrons. The average molecular weight is 349 g/mol. The van der Waals surface area contributed by atoms with Crippen LogP contribution < -0.4 is 5.32 Å². The number of nitrogens with one attached hydrogen (secondary N) is 2. The van der Waals surface area contributed by atoms with Crippen LogP contribution in [-0.2, 0) is 6.54 Å². The van der Waals surface area contributed by atoms with Crippen LogP contribution in [0.25, 0.3) is 0 Å². The first kappa shape index (κ1) is 16.7. The van der Waals surface area contributed by atoms with Gasteiger partial charge in [0.1, 0.15) is 23.3 Å². The molecule has 7 heteroatoms. The Kier molecular flexibility index (Phi) is 4.62. The summed E-state index contributed by atoms with van der Waals surface area (Å²) in [6, 6.07) is 5.93. The highest BCUT2D eigenvalue weighted by Gasteiger charge is 2.27. The summed E-state index contributed by atoms with van der Waals surface area (Å²) >= 11 is 0. The molecule has 0 bridgehead atoms. The van der Waals surface area contributed by atoms with Gasteiger partial charge in [-0.2, -0.15) is 0 Å². The lowest BCUT2D eigenvalue weighted by atomic mass is 10.1. The lowest BCUT2D eigenvalue weighted by Gasteiger charge is -2.15. The molecule has 1 saturated heterocycles. The van der Waals surface area contributed by atoms with E-state index in [1.54, 1.807) is 12.4 Å². The van der Waals surface area contributed by atoms with Crippen LogP contribution in [0.15, 0.2) is 36.8 Å². The fourth-order valence-corrected chi connectivity index (χ4v) is 3.36. The number of pyridine rings is 1. The second-order valence-electron chi connectivity index (χ2n) is 6.80. The first-order valence-electron chi connectivity index (χ1n) is 8.92. The molecule has 0 aromatic carbocycles. The number of hydrogen-bond donors (Lipinski definition) is 2. The topological polar surface area (TPSA) is 82.6 Å². The van der Waals surface area contributed by atoms with Gasteiger partial charge in [0.2, 0.25) is 0 Å². The third kappa shape index (κ3) is 3.72. The minimum Gasteiger partial charge on any atom is -0.348 e. The average Bonchev–Trinajstić information content (AvgIpc) is 3.29. The monoisotopic (exact) mass is 349 g/mol. The molecule has 1 fully saturated rings. The van der Waals surface area contributed by atoms with Crippen molar-refractivity contribution in [1.29, 1.82) is 0 Å². The molecule has 1 aliphatic heterocycles. The first-order chi connectivity index (χ1) is 12.7. The highest BCUT2D eigenvalue weighted by Crippen LogP contribution is 2.27. The summed E-state index contributed by atoms with van der Waals surface area (Å²) in [7, 11) is 0. The predicted octanol–water partition coefficient (Wildman–Crippen LogP) is 2.94. The van der Waals surface area contributed by atoms with Crippen molar-refractivity contribution in [2.24, 2.45) is 0 Å². The molecule has 0 radical (unpaired) electrons. The van der Waals surface area contributed by atoms with Crippen LogP contribution in [0.3, 0.4) is 0 Å². The van der Waals surface area contributed by atoms with Gasteiger partial charge in [-0.15, -0.1) is 0 Å². The Bertz CT molecular complexity index is 875. The lowest BCUT2D eigenvalue weighted by Crippen LogP contribution is -2.21. The van der Waals surface area contributed by atoms with Gasteiger partial charge in [-0.1, -0.05) is 6.07 Å². The molecule has 4 heterocycles. The Hall–Kier alpha value is -2.80. The third-order valence-corrected chi connectivity index (χ3v) is 4.69. The molecule has 4 rings (SSSR count). The molecule has 0 spiro atoms. The largest absolute Gasteiger partial charge is 0.348 e. The van der Waals surface area contributed by atoms with Crippen LogP contribution in [-0.4, -0.2) is 42.9 Å². The zero-order chi connectivity index (χ0) is 17.9. The maximum absolute atomic E-state index is 4.77. The Morgan fingerprint density at radius 2 is 2.15 bits per heavy atom. The molecule has 3 aromatic rings. The standard InChI is InChI=1S/C19H23N7/c1-13-4-3-6-22-18(13)24-16-10-14(2)23-19(25-16)15-5-9-26(11-15)12-17-20-7-8-21-17/h3-4,6-8,10,15H,5,9,11-12H2,1-2H3,(H,20,21)(H,22,23,24,25). The zero-order valence-corrected chi connectivity index (χ0v) is 15.1. The molecule has 0 amide bonds. The van der Waals surface area contributed by atoms with Gasteiger partial charge in [0.15, 0.2) is 0 Å². The number of imidazole rings is 1. The zero-order valence-electron chi connectivity index (χ0n) is 15.1. The van der Waals surface area contributed by atoms with E-state index in [0.717, 1.165) is 60.6 Å². The number of likely N-dealkylation sites (tertiary alicyclic amines) is 1. The van der Waals surface area contributed by atoms with Gasteiger partial charge < -0.3 is 10.3 Å². The third-order valence-electron chi connectivity index (χ3n) is 4.69. The van der Waals surface area contributed by atoms with Crippen LogP contribution in [0.1, 0.15) is 35.2 Å². The van der Waals surface area contributed by atoms with Crippen molar-refractivity contribution >= 4 is 11.6 Å². The molecule has 26 heavy (non-hydrogen) atoms. The van der Waals surface area contributed by atoms with E-state index in [0.29, 0.717) is 5.92 Å². The van der Waals surface area contributed by atoms with Crippen molar-refractivity contribution in [1.82, 2.24) is 29.8 Å². The van der Waals surface area contributed by atoms with Gasteiger partial charge in [-0.25, -0.2) is 19.9 Å². The van der Waals surface area contributed by atoms with Gasteiger partial charge in [-0.05, 0) is 38.4 Å². The van der Waals surface area contributed by atoms with E-state index in [4.69, 9.17) is 4.98 Å². The van der Waals surface area contributed by atoms with E-state index in [1.165, 1.54) is 0 Å². The second kappa shape index (κ2) is 7.21. The molecular formula is C19H23N7. The summed E-state index contributed by atoms with van der Waals surface area (Å²) < 4.78 is 0. The number of hydrogen-bond acceptors (Lipinski definition) is 6. The van der Waals surface area contributed by atoms with Crippen molar-refractivity contribution in [3.63, 3.8) is 0 Å². The number of anilines is 2. The minimum absolute atomic E-state index is 0.343. The van der Waals surface area contributed by atoms with E-state index < -0.39 is 0 Å². The Labute approximate surface area is 152 Å². The Morgan fingerprint density at radius 3 is 2.96 bits per heavy atom. The van der Waals surface area contributed by atoms with Crippen molar-refractivity contribution in [3.05, 3.63) is 59.7 Å². The molecule has 0 aliphatic carbocycles. The number of aryl methyl sites for hydroxylation is 2. The fourth-order valence-electron chi connectivity index (χ4n) is 3.36. The summed E-state index contributed by atoms with van der Waals surface area (Å²) in [6.07, 6.45) is 6.51. The highest BCUT2D eigenvalue weighted by molar-refractivity contribution is 5.55. The quantitative estimate of drug-likeness (QED) is 0.737. The molecule has 1 unspecified atom stereocenters. The van der Waals surface area contributed by atoms with Crippen LogP contribution in [0, 0.1) is 13.8 Å². The summed E-state index contributed by atoms with van der Waals surface area (Å²) in [6.45, 7) is 6.87. The van der Waals surface area contributed by atoms with Crippen molar-refractivity contribution in [3.8, 4) is 0 Å². The normalized spacial score (nSPS) is 17.5. The van der Waals surface area contributed by atoms with Crippen LogP contribution in [0.2, 0.25) is 0 Å². The maximum atomic E-state index is 4.77. The highest BCUT2D eigenvalue weighted by atomic mass is 15.2. The summed E-state index contributed by atoms with van der Waals surface area (Å²) in [5.74, 6) is 3.89. The molecule has 1 aliphatic rings. The molecular weight excluding hydrogens is 326 g/mol. The van der Waals surface area contributed by atoms with Crippen LogP contribution in [0.5, 0.6) is 0 Å². The van der Waals surface area contributed by atoms with Gasteiger partial charge in [0, 0.05) is 42.8 Å². The molecule has 7 nitrogen and oxygen atoms in total. The number of rotatable bonds is 5.